The van der Waals surface area contributed by atoms with Crippen LogP contribution >= 0.6 is 11.6 Å². The molecule has 0 unspecified atom stereocenters. The second-order valence-corrected chi connectivity index (χ2v) is 9.54. The van der Waals surface area contributed by atoms with E-state index in [1.54, 1.807) is 6.92 Å². The molecule has 0 saturated heterocycles. The lowest BCUT2D eigenvalue weighted by Crippen LogP contribution is -2.52. The zero-order valence-electron chi connectivity index (χ0n) is 18.2. The molecule has 32 heavy (non-hydrogen) atoms. The van der Waals surface area contributed by atoms with Crippen LogP contribution in [0.3, 0.4) is 0 Å². The summed E-state index contributed by atoms with van der Waals surface area (Å²) >= 11 is 5.81. The predicted molar refractivity (Wildman–Crippen MR) is 124 cm³/mol. The largest absolute Gasteiger partial charge is 0.357 e. The molecular weight excluding hydrogens is 457 g/mol. The van der Waals surface area contributed by atoms with E-state index < -0.39 is 34.3 Å². The van der Waals surface area contributed by atoms with Crippen molar-refractivity contribution in [1.82, 2.24) is 10.2 Å². The molecule has 0 saturated carbocycles. The van der Waals surface area contributed by atoms with Gasteiger partial charge in [0.2, 0.25) is 21.8 Å². The van der Waals surface area contributed by atoms with Crippen molar-refractivity contribution in [2.75, 3.05) is 30.7 Å². The molecule has 10 heteroatoms. The van der Waals surface area contributed by atoms with Crippen molar-refractivity contribution in [3.63, 3.8) is 0 Å². The van der Waals surface area contributed by atoms with E-state index in [0.29, 0.717) is 12.8 Å². The molecule has 0 spiro atoms. The summed E-state index contributed by atoms with van der Waals surface area (Å²) in [6, 6.07) is 12.1. The first-order valence-electron chi connectivity index (χ1n) is 10.1. The molecule has 2 aromatic rings. The first kappa shape index (κ1) is 25.6. The van der Waals surface area contributed by atoms with E-state index in [-0.39, 0.29) is 23.2 Å². The molecule has 174 valence electrons. The molecule has 0 aromatic heterocycles. The molecule has 2 rings (SSSR count). The highest BCUT2D eigenvalue weighted by molar-refractivity contribution is 7.92. The first-order chi connectivity index (χ1) is 15.1. The highest BCUT2D eigenvalue weighted by Crippen LogP contribution is 2.25. The van der Waals surface area contributed by atoms with Gasteiger partial charge in [0.1, 0.15) is 18.4 Å². The van der Waals surface area contributed by atoms with Gasteiger partial charge in [-0.05, 0) is 36.6 Å². The number of nitrogens with zero attached hydrogens (tertiary/aromatic N) is 2. The summed E-state index contributed by atoms with van der Waals surface area (Å²) in [5.41, 5.74) is 1.03. The minimum Gasteiger partial charge on any atom is -0.357 e. The minimum atomic E-state index is -3.90. The number of halogens is 2. The number of carbonyl (C=O) groups is 2. The SMILES string of the molecule is CC[C@@H](C(=O)NC)N(CCc1ccccc1)C(=O)CN(c1ccc(F)c(Cl)c1)S(C)(=O)=O. The Balaban J connectivity index is 2.36. The third-order valence-electron chi connectivity index (χ3n) is 4.99. The van der Waals surface area contributed by atoms with Crippen LogP contribution in [0.5, 0.6) is 0 Å². The number of anilines is 1. The lowest BCUT2D eigenvalue weighted by molar-refractivity contribution is -0.139. The maximum Gasteiger partial charge on any atom is 0.244 e. The number of hydrogen-bond acceptors (Lipinski definition) is 4. The average molecular weight is 484 g/mol. The molecular formula is C22H27ClFN3O4S. The Morgan fingerprint density at radius 3 is 2.34 bits per heavy atom. The van der Waals surface area contributed by atoms with Crippen molar-refractivity contribution in [3.05, 3.63) is 64.9 Å². The van der Waals surface area contributed by atoms with Gasteiger partial charge in [0.15, 0.2) is 0 Å². The molecule has 0 aliphatic rings. The maximum absolute atomic E-state index is 13.6. The maximum atomic E-state index is 13.6. The summed E-state index contributed by atoms with van der Waals surface area (Å²) in [6.45, 7) is 1.44. The van der Waals surface area contributed by atoms with Crippen molar-refractivity contribution in [1.29, 1.82) is 0 Å². The van der Waals surface area contributed by atoms with E-state index in [9.17, 15) is 22.4 Å². The number of carbonyl (C=O) groups excluding carboxylic acids is 2. The van der Waals surface area contributed by atoms with E-state index in [1.165, 1.54) is 18.0 Å². The van der Waals surface area contributed by atoms with Crippen molar-refractivity contribution in [2.45, 2.75) is 25.8 Å². The Morgan fingerprint density at radius 2 is 1.81 bits per heavy atom. The number of benzene rings is 2. The van der Waals surface area contributed by atoms with E-state index in [2.05, 4.69) is 5.32 Å². The lowest BCUT2D eigenvalue weighted by Gasteiger charge is -2.32. The number of hydrogen-bond donors (Lipinski definition) is 1. The van der Waals surface area contributed by atoms with Crippen molar-refractivity contribution < 1.29 is 22.4 Å². The van der Waals surface area contributed by atoms with Crippen LogP contribution in [-0.4, -0.2) is 57.6 Å². The van der Waals surface area contributed by atoms with Gasteiger partial charge in [-0.1, -0.05) is 48.9 Å². The van der Waals surface area contributed by atoms with Crippen LogP contribution in [0, 0.1) is 5.82 Å². The second-order valence-electron chi connectivity index (χ2n) is 7.23. The highest BCUT2D eigenvalue weighted by atomic mass is 35.5. The summed E-state index contributed by atoms with van der Waals surface area (Å²) < 4.78 is 39.3. The third-order valence-corrected chi connectivity index (χ3v) is 6.42. The number of sulfonamides is 1. The number of amides is 2. The second kappa shape index (κ2) is 11.3. The minimum absolute atomic E-state index is 0.0586. The van der Waals surface area contributed by atoms with Crippen LogP contribution in [-0.2, 0) is 26.0 Å². The molecule has 0 radical (unpaired) electrons. The first-order valence-corrected chi connectivity index (χ1v) is 12.3. The molecule has 1 atom stereocenters. The van der Waals surface area contributed by atoms with E-state index in [4.69, 9.17) is 11.6 Å². The van der Waals surface area contributed by atoms with E-state index in [1.807, 2.05) is 30.3 Å². The van der Waals surface area contributed by atoms with Gasteiger partial charge < -0.3 is 10.2 Å². The molecule has 0 heterocycles. The van der Waals surface area contributed by atoms with Gasteiger partial charge >= 0.3 is 0 Å². The zero-order chi connectivity index (χ0) is 23.9. The van der Waals surface area contributed by atoms with Crippen LogP contribution in [0.4, 0.5) is 10.1 Å². The summed E-state index contributed by atoms with van der Waals surface area (Å²) in [5.74, 6) is -1.60. The Bertz CT molecular complexity index is 1050. The van der Waals surface area contributed by atoms with Gasteiger partial charge in [-0.3, -0.25) is 13.9 Å². The molecule has 0 aliphatic heterocycles. The topological polar surface area (TPSA) is 86.8 Å². The van der Waals surface area contributed by atoms with Gasteiger partial charge in [0.05, 0.1) is 17.0 Å². The highest BCUT2D eigenvalue weighted by Gasteiger charge is 2.31. The molecule has 0 fully saturated rings. The van der Waals surface area contributed by atoms with Crippen molar-refractivity contribution in [3.8, 4) is 0 Å². The smallest absolute Gasteiger partial charge is 0.244 e. The fourth-order valence-electron chi connectivity index (χ4n) is 3.32. The third kappa shape index (κ3) is 6.67. The molecule has 2 amide bonds. The van der Waals surface area contributed by atoms with Gasteiger partial charge in [0.25, 0.3) is 0 Å². The molecule has 1 N–H and O–H groups in total. The Hall–Kier alpha value is -2.65. The van der Waals surface area contributed by atoms with Gasteiger partial charge in [0, 0.05) is 13.6 Å². The van der Waals surface area contributed by atoms with E-state index in [0.717, 1.165) is 28.3 Å². The average Bonchev–Trinajstić information content (AvgIpc) is 2.76. The Kier molecular flexibility index (Phi) is 9.03. The molecule has 0 aliphatic carbocycles. The van der Waals surface area contributed by atoms with Gasteiger partial charge in [-0.25, -0.2) is 12.8 Å². The van der Waals surface area contributed by atoms with Gasteiger partial charge in [-0.15, -0.1) is 0 Å². The number of likely N-dealkylation sites (N-methyl/N-ethyl adjacent to an activating group) is 1. The zero-order valence-corrected chi connectivity index (χ0v) is 19.8. The Morgan fingerprint density at radius 1 is 1.16 bits per heavy atom. The standard InChI is InChI=1S/C22H27ClFN3O4S/c1-4-20(22(29)25-2)26(13-12-16-8-6-5-7-9-16)21(28)15-27(32(3,30)31)17-10-11-19(24)18(23)14-17/h5-11,14,20H,4,12-13,15H2,1-3H3,(H,25,29)/t20-/m0/s1. The summed E-state index contributed by atoms with van der Waals surface area (Å²) in [4.78, 5) is 27.1. The molecule has 7 nitrogen and oxygen atoms in total. The predicted octanol–water partition coefficient (Wildman–Crippen LogP) is 2.84. The lowest BCUT2D eigenvalue weighted by atomic mass is 10.1. The normalized spacial score (nSPS) is 12.2. The molecule has 0 bridgehead atoms. The van der Waals surface area contributed by atoms with Gasteiger partial charge in [-0.2, -0.15) is 0 Å². The summed E-state index contributed by atoms with van der Waals surface area (Å²) in [7, 11) is -2.42. The van der Waals surface area contributed by atoms with Crippen LogP contribution in [0.15, 0.2) is 48.5 Å². The quantitative estimate of drug-likeness (QED) is 0.563. The van der Waals surface area contributed by atoms with Crippen LogP contribution in [0.1, 0.15) is 18.9 Å². The fraction of sp³-hybridized carbons (Fsp3) is 0.364. The summed E-state index contributed by atoms with van der Waals surface area (Å²) in [6.07, 6.45) is 1.78. The van der Waals surface area contributed by atoms with Crippen LogP contribution in [0.25, 0.3) is 0 Å². The van der Waals surface area contributed by atoms with Crippen LogP contribution < -0.4 is 9.62 Å². The number of rotatable bonds is 10. The van der Waals surface area contributed by atoms with Crippen LogP contribution in [0.2, 0.25) is 5.02 Å². The van der Waals surface area contributed by atoms with E-state index >= 15 is 0 Å². The Labute approximate surface area is 193 Å². The molecule has 2 aromatic carbocycles. The van der Waals surface area contributed by atoms with Crippen molar-refractivity contribution in [2.24, 2.45) is 0 Å². The fourth-order valence-corrected chi connectivity index (χ4v) is 4.33. The monoisotopic (exact) mass is 483 g/mol. The summed E-state index contributed by atoms with van der Waals surface area (Å²) in [5, 5.41) is 2.29. The number of nitrogens with one attached hydrogen (secondary N) is 1. The van der Waals surface area contributed by atoms with Crippen molar-refractivity contribution >= 4 is 39.1 Å².